The number of Topliss-reactive ketones (excluding diaryl/α,β-unsaturated/α-hetero) is 1. The number of hydrogen-bond donors (Lipinski definition) is 2. The fraction of sp³-hybridized carbons (Fsp3) is 0.211. The topological polar surface area (TPSA) is 66.9 Å². The zero-order valence-electron chi connectivity index (χ0n) is 13.4. The first-order chi connectivity index (χ1) is 11.7. The Labute approximate surface area is 140 Å². The lowest BCUT2D eigenvalue weighted by atomic mass is 10.1. The van der Waals surface area contributed by atoms with Gasteiger partial charge in [0.2, 0.25) is 5.95 Å². The normalized spacial score (nSPS) is 13.7. The summed E-state index contributed by atoms with van der Waals surface area (Å²) in [6.45, 7) is 1.56. The van der Waals surface area contributed by atoms with Gasteiger partial charge in [0.05, 0.1) is 5.52 Å². The molecule has 3 aromatic rings. The largest absolute Gasteiger partial charge is 0.367 e. The summed E-state index contributed by atoms with van der Waals surface area (Å²) in [5.41, 5.74) is 2.35. The molecular weight excluding hydrogens is 300 g/mol. The van der Waals surface area contributed by atoms with Gasteiger partial charge in [0, 0.05) is 22.7 Å². The minimum absolute atomic E-state index is 0.0363. The monoisotopic (exact) mass is 318 g/mol. The van der Waals surface area contributed by atoms with Crippen LogP contribution >= 0.6 is 0 Å². The molecule has 1 heterocycles. The van der Waals surface area contributed by atoms with Gasteiger partial charge in [0.1, 0.15) is 5.82 Å². The van der Waals surface area contributed by atoms with Crippen molar-refractivity contribution < 1.29 is 4.79 Å². The molecule has 0 unspecified atom stereocenters. The highest BCUT2D eigenvalue weighted by molar-refractivity contribution is 5.95. The number of aromatic nitrogens is 2. The van der Waals surface area contributed by atoms with Crippen molar-refractivity contribution in [1.29, 1.82) is 0 Å². The molecule has 0 amide bonds. The summed E-state index contributed by atoms with van der Waals surface area (Å²) in [6, 6.07) is 15.8. The van der Waals surface area contributed by atoms with E-state index >= 15 is 0 Å². The number of nitrogens with one attached hydrogen (secondary N) is 2. The van der Waals surface area contributed by atoms with E-state index in [0.29, 0.717) is 17.6 Å². The predicted octanol–water partition coefficient (Wildman–Crippen LogP) is 4.15. The molecule has 1 aliphatic rings. The quantitative estimate of drug-likeness (QED) is 0.692. The number of fused-ring (bicyclic) bond motifs is 1. The predicted molar refractivity (Wildman–Crippen MR) is 95.9 cm³/mol. The molecule has 1 aromatic heterocycles. The summed E-state index contributed by atoms with van der Waals surface area (Å²) in [5.74, 6) is 1.42. The van der Waals surface area contributed by atoms with Gasteiger partial charge >= 0.3 is 0 Å². The highest BCUT2D eigenvalue weighted by atomic mass is 16.1. The molecule has 2 aromatic carbocycles. The lowest BCUT2D eigenvalue weighted by molar-refractivity contribution is 0.101. The minimum atomic E-state index is 0.0363. The van der Waals surface area contributed by atoms with Crippen LogP contribution in [0.1, 0.15) is 30.1 Å². The molecule has 1 fully saturated rings. The molecule has 0 atom stereocenters. The highest BCUT2D eigenvalue weighted by Gasteiger charge is 2.22. The van der Waals surface area contributed by atoms with Crippen molar-refractivity contribution in [2.75, 3.05) is 10.6 Å². The summed E-state index contributed by atoms with van der Waals surface area (Å²) < 4.78 is 0. The third-order valence-corrected chi connectivity index (χ3v) is 4.05. The van der Waals surface area contributed by atoms with Crippen LogP contribution in [0.25, 0.3) is 10.9 Å². The van der Waals surface area contributed by atoms with Crippen molar-refractivity contribution in [3.05, 3.63) is 54.1 Å². The number of nitrogens with zero attached hydrogens (tertiary/aromatic N) is 2. The van der Waals surface area contributed by atoms with Gasteiger partial charge in [0.15, 0.2) is 5.78 Å². The molecule has 0 radical (unpaired) electrons. The van der Waals surface area contributed by atoms with Crippen LogP contribution in [0.15, 0.2) is 48.5 Å². The molecule has 5 heteroatoms. The number of ketones is 1. The molecule has 0 aliphatic heterocycles. The number of hydrogen-bond acceptors (Lipinski definition) is 5. The van der Waals surface area contributed by atoms with E-state index in [2.05, 4.69) is 20.6 Å². The van der Waals surface area contributed by atoms with Gasteiger partial charge in [0.25, 0.3) is 0 Å². The van der Waals surface area contributed by atoms with Gasteiger partial charge in [-0.25, -0.2) is 4.98 Å². The van der Waals surface area contributed by atoms with Crippen LogP contribution in [0.3, 0.4) is 0 Å². The number of carbonyl (C=O) groups is 1. The fourth-order valence-electron chi connectivity index (χ4n) is 2.61. The van der Waals surface area contributed by atoms with Crippen LogP contribution in [0.5, 0.6) is 0 Å². The molecule has 1 saturated carbocycles. The molecule has 24 heavy (non-hydrogen) atoms. The zero-order valence-corrected chi connectivity index (χ0v) is 13.4. The second kappa shape index (κ2) is 5.92. The van der Waals surface area contributed by atoms with Crippen molar-refractivity contribution in [2.24, 2.45) is 0 Å². The van der Waals surface area contributed by atoms with Crippen molar-refractivity contribution in [3.8, 4) is 0 Å². The van der Waals surface area contributed by atoms with E-state index in [-0.39, 0.29) is 5.78 Å². The fourth-order valence-corrected chi connectivity index (χ4v) is 2.61. The Balaban J connectivity index is 1.71. The minimum Gasteiger partial charge on any atom is -0.367 e. The van der Waals surface area contributed by atoms with Crippen molar-refractivity contribution >= 4 is 34.1 Å². The molecule has 2 N–H and O–H groups in total. The van der Waals surface area contributed by atoms with E-state index in [1.807, 2.05) is 42.5 Å². The molecule has 5 nitrogen and oxygen atoms in total. The zero-order chi connectivity index (χ0) is 16.5. The summed E-state index contributed by atoms with van der Waals surface area (Å²) >= 11 is 0. The second-order valence-corrected chi connectivity index (χ2v) is 6.09. The highest BCUT2D eigenvalue weighted by Crippen LogP contribution is 2.29. The maximum atomic E-state index is 11.5. The van der Waals surface area contributed by atoms with Crippen molar-refractivity contribution in [3.63, 3.8) is 0 Å². The Morgan fingerprint density at radius 1 is 1.08 bits per heavy atom. The molecule has 120 valence electrons. The van der Waals surface area contributed by atoms with Gasteiger partial charge in [-0.05, 0) is 44.0 Å². The van der Waals surface area contributed by atoms with Crippen molar-refractivity contribution in [2.45, 2.75) is 25.8 Å². The van der Waals surface area contributed by atoms with Crippen LogP contribution in [0.2, 0.25) is 0 Å². The number of anilines is 3. The van der Waals surface area contributed by atoms with Gasteiger partial charge in [-0.1, -0.05) is 24.3 Å². The molecular formula is C19H18N4O. The first-order valence-electron chi connectivity index (χ1n) is 8.10. The molecule has 0 saturated heterocycles. The standard InChI is InChI=1S/C19H18N4O/c1-12(24)13-5-4-6-15(11-13)21-19-22-17-8-3-2-7-16(17)18(23-19)20-14-9-10-14/h2-8,11,14H,9-10H2,1H3,(H2,20,21,22,23). The Bertz CT molecular complexity index is 918. The average molecular weight is 318 g/mol. The average Bonchev–Trinajstić information content (AvgIpc) is 3.39. The SMILES string of the molecule is CC(=O)c1cccc(Nc2nc(NC3CC3)c3ccccc3n2)c1. The first kappa shape index (κ1) is 14.6. The number of para-hydroxylation sites is 1. The molecule has 0 bridgehead atoms. The van der Waals surface area contributed by atoms with Gasteiger partial charge in [-0.15, -0.1) is 0 Å². The van der Waals surface area contributed by atoms with Crippen molar-refractivity contribution in [1.82, 2.24) is 9.97 Å². The molecule has 4 rings (SSSR count). The lowest BCUT2D eigenvalue weighted by Gasteiger charge is -2.11. The summed E-state index contributed by atoms with van der Waals surface area (Å²) in [7, 11) is 0. The Kier molecular flexibility index (Phi) is 3.61. The summed E-state index contributed by atoms with van der Waals surface area (Å²) in [5, 5.41) is 7.70. The van der Waals surface area contributed by atoms with Crippen LogP contribution in [0, 0.1) is 0 Å². The third-order valence-electron chi connectivity index (χ3n) is 4.05. The second-order valence-electron chi connectivity index (χ2n) is 6.09. The van der Waals surface area contributed by atoms with Gasteiger partial charge in [-0.2, -0.15) is 4.98 Å². The van der Waals surface area contributed by atoms with E-state index in [9.17, 15) is 4.79 Å². The molecule has 1 aliphatic carbocycles. The first-order valence-corrected chi connectivity index (χ1v) is 8.10. The smallest absolute Gasteiger partial charge is 0.229 e. The maximum Gasteiger partial charge on any atom is 0.229 e. The van der Waals surface area contributed by atoms with Crippen LogP contribution in [0.4, 0.5) is 17.5 Å². The van der Waals surface area contributed by atoms with Crippen LogP contribution < -0.4 is 10.6 Å². The lowest BCUT2D eigenvalue weighted by Crippen LogP contribution is -2.07. The number of rotatable bonds is 5. The van der Waals surface area contributed by atoms with Crippen LogP contribution in [-0.4, -0.2) is 21.8 Å². The third kappa shape index (κ3) is 3.06. The van der Waals surface area contributed by atoms with E-state index in [4.69, 9.17) is 0 Å². The Morgan fingerprint density at radius 3 is 2.71 bits per heavy atom. The van der Waals surface area contributed by atoms with E-state index < -0.39 is 0 Å². The Hall–Kier alpha value is -2.95. The van der Waals surface area contributed by atoms with E-state index in [0.717, 1.165) is 22.4 Å². The van der Waals surface area contributed by atoms with Crippen LogP contribution in [-0.2, 0) is 0 Å². The molecule has 0 spiro atoms. The maximum absolute atomic E-state index is 11.5. The van der Waals surface area contributed by atoms with E-state index in [1.165, 1.54) is 12.8 Å². The Morgan fingerprint density at radius 2 is 1.92 bits per heavy atom. The number of benzene rings is 2. The van der Waals surface area contributed by atoms with Gasteiger partial charge in [-0.3, -0.25) is 4.79 Å². The summed E-state index contributed by atoms with van der Waals surface area (Å²) in [4.78, 5) is 20.8. The van der Waals surface area contributed by atoms with E-state index in [1.54, 1.807) is 13.0 Å². The summed E-state index contributed by atoms with van der Waals surface area (Å²) in [6.07, 6.45) is 2.36. The van der Waals surface area contributed by atoms with Gasteiger partial charge < -0.3 is 10.6 Å². The number of carbonyl (C=O) groups excluding carboxylic acids is 1.